The minimum absolute atomic E-state index is 0.103. The Balaban J connectivity index is 0. The van der Waals surface area contributed by atoms with Crippen molar-refractivity contribution in [3.63, 3.8) is 0 Å². The monoisotopic (exact) mass is 486 g/mol. The average Bonchev–Trinajstić information content (AvgIpc) is 2.76. The number of carbonyl (C=O) groups excluding carboxylic acids is 2. The van der Waals surface area contributed by atoms with E-state index in [1.807, 2.05) is 0 Å². The van der Waals surface area contributed by atoms with Crippen molar-refractivity contribution in [1.29, 1.82) is 0 Å². The maximum atomic E-state index is 10.3. The Morgan fingerprint density at radius 3 is 0.938 bits per heavy atom. The van der Waals surface area contributed by atoms with Crippen molar-refractivity contribution in [2.45, 2.75) is 80.1 Å². The molecule has 0 heterocycles. The molecule has 0 aliphatic rings. The molecule has 0 aliphatic heterocycles. The fraction of sp³-hybridized carbons (Fsp3) is 0.692. The normalized spacial score (nSPS) is 10.2. The molecule has 6 heteroatoms. The summed E-state index contributed by atoms with van der Waals surface area (Å²) in [6.45, 7) is 13.9. The van der Waals surface area contributed by atoms with Crippen LogP contribution >= 0.6 is 15.8 Å². The lowest BCUT2D eigenvalue weighted by atomic mass is 10.1. The number of hydrogen-bond donors (Lipinski definition) is 0. The molecule has 0 unspecified atom stereocenters. The van der Waals surface area contributed by atoms with E-state index in [9.17, 15) is 19.8 Å². The Labute approximate surface area is 200 Å². The lowest BCUT2D eigenvalue weighted by Gasteiger charge is -2.09. The van der Waals surface area contributed by atoms with Crippen LogP contribution in [0, 0.1) is 0 Å². The fourth-order valence-electron chi connectivity index (χ4n) is 3.71. The molecule has 0 saturated heterocycles. The largest absolute Gasteiger partial charge is 0.545 e. The summed E-state index contributed by atoms with van der Waals surface area (Å²) in [6.07, 6.45) is 17.8. The van der Waals surface area contributed by atoms with Crippen LogP contribution in [0.25, 0.3) is 0 Å². The molecule has 1 aromatic rings. The van der Waals surface area contributed by atoms with Gasteiger partial charge < -0.3 is 19.8 Å². The van der Waals surface area contributed by atoms with E-state index in [-0.39, 0.29) is 27.0 Å². The summed E-state index contributed by atoms with van der Waals surface area (Å²) in [6, 6.07) is 5.14. The predicted octanol–water partition coefficient (Wildman–Crippen LogP) is 5.27. The van der Waals surface area contributed by atoms with Gasteiger partial charge in [0.2, 0.25) is 0 Å². The van der Waals surface area contributed by atoms with E-state index in [0.29, 0.717) is 0 Å². The standard InChI is InChI=1S/2C9H21P.C8H6O4/c2*1-4-7-10(8-5-2)9-6-3;9-7(10)5-3-1-2-4-6(5)8(11)12/h2*4-9H2,1-3H3;1-4H,(H,9,10)(H,11,12). The second kappa shape index (κ2) is 23.2. The first kappa shape index (κ1) is 33.2. The van der Waals surface area contributed by atoms with Gasteiger partial charge in [-0.25, -0.2) is 0 Å². The van der Waals surface area contributed by atoms with Crippen LogP contribution in [0.1, 0.15) is 101 Å². The van der Waals surface area contributed by atoms with Crippen molar-refractivity contribution in [3.05, 3.63) is 35.4 Å². The van der Waals surface area contributed by atoms with Gasteiger partial charge in [-0.15, -0.1) is 0 Å². The summed E-state index contributed by atoms with van der Waals surface area (Å²) in [5, 5.41) is 20.6. The van der Waals surface area contributed by atoms with Gasteiger partial charge in [0.15, 0.2) is 0 Å². The van der Waals surface area contributed by atoms with E-state index in [2.05, 4.69) is 41.5 Å². The van der Waals surface area contributed by atoms with Crippen LogP contribution in [0.4, 0.5) is 0 Å². The van der Waals surface area contributed by atoms with Crippen LogP contribution in [0.3, 0.4) is 0 Å². The number of aromatic carboxylic acids is 2. The Bertz CT molecular complexity index is 513. The Morgan fingerprint density at radius 2 is 0.781 bits per heavy atom. The highest BCUT2D eigenvalue weighted by Gasteiger charge is 2.11. The van der Waals surface area contributed by atoms with Crippen LogP contribution in [-0.4, -0.2) is 48.9 Å². The summed E-state index contributed by atoms with van der Waals surface area (Å²) in [4.78, 5) is 20.6. The molecule has 0 aromatic heterocycles. The van der Waals surface area contributed by atoms with Crippen LogP contribution in [0.15, 0.2) is 24.3 Å². The third-order valence-corrected chi connectivity index (χ3v) is 12.2. The van der Waals surface area contributed by atoms with Gasteiger partial charge in [-0.2, -0.15) is 0 Å². The molecule has 1 rings (SSSR count). The first-order valence-corrected chi connectivity index (χ1v) is 16.8. The molecule has 0 spiro atoms. The molecule has 0 radical (unpaired) electrons. The van der Waals surface area contributed by atoms with E-state index in [0.717, 1.165) is 12.1 Å². The van der Waals surface area contributed by atoms with Crippen molar-refractivity contribution in [2.75, 3.05) is 37.0 Å². The van der Waals surface area contributed by atoms with Gasteiger partial charge in [0, 0.05) is 27.0 Å². The molecular weight excluding hydrogens is 438 g/mol. The summed E-state index contributed by atoms with van der Waals surface area (Å²) in [7, 11) is 0.205. The molecule has 0 saturated carbocycles. The summed E-state index contributed by atoms with van der Waals surface area (Å²) < 4.78 is 0. The van der Waals surface area contributed by atoms with E-state index >= 15 is 0 Å². The smallest absolute Gasteiger partial charge is 0.0721 e. The summed E-state index contributed by atoms with van der Waals surface area (Å²) in [5.41, 5.74) is -0.727. The Kier molecular flexibility index (Phi) is 24.1. The van der Waals surface area contributed by atoms with Crippen molar-refractivity contribution in [2.24, 2.45) is 0 Å². The first-order chi connectivity index (χ1) is 15.3. The lowest BCUT2D eigenvalue weighted by molar-refractivity contribution is -0.259. The molecule has 1 aromatic carbocycles. The van der Waals surface area contributed by atoms with E-state index < -0.39 is 11.9 Å². The highest BCUT2D eigenvalue weighted by Crippen LogP contribution is 2.37. The second-order valence-corrected chi connectivity index (χ2v) is 14.1. The first-order valence-electron chi connectivity index (χ1n) is 12.5. The van der Waals surface area contributed by atoms with Crippen LogP contribution < -0.4 is 10.2 Å². The lowest BCUT2D eigenvalue weighted by Crippen LogP contribution is -2.29. The zero-order chi connectivity index (χ0) is 24.8. The SMILES string of the molecule is CCC[PH+](CCC)CCC.CCC[PH+](CCC)CCC.O=C([O-])c1ccccc1C(=O)[O-]. The molecular formula is C26H48O4P2. The zero-order valence-electron chi connectivity index (χ0n) is 21.4. The van der Waals surface area contributed by atoms with Gasteiger partial charge in [-0.05, 0) is 38.5 Å². The molecule has 0 amide bonds. The maximum absolute atomic E-state index is 10.3. The molecule has 0 fully saturated rings. The highest BCUT2D eigenvalue weighted by atomic mass is 31.1. The number of carboxylic acid groups (broad SMARTS) is 2. The quantitative estimate of drug-likeness (QED) is 0.335. The molecule has 32 heavy (non-hydrogen) atoms. The van der Waals surface area contributed by atoms with Gasteiger partial charge in [0.05, 0.1) is 48.9 Å². The molecule has 4 nitrogen and oxygen atoms in total. The van der Waals surface area contributed by atoms with Crippen LogP contribution in [0.2, 0.25) is 0 Å². The fourth-order valence-corrected chi connectivity index (χ4v) is 9.45. The zero-order valence-corrected chi connectivity index (χ0v) is 23.4. The molecule has 186 valence electrons. The number of rotatable bonds is 14. The van der Waals surface area contributed by atoms with Crippen molar-refractivity contribution in [1.82, 2.24) is 0 Å². The van der Waals surface area contributed by atoms with E-state index in [1.54, 1.807) is 37.0 Å². The van der Waals surface area contributed by atoms with E-state index in [1.165, 1.54) is 50.7 Å². The van der Waals surface area contributed by atoms with Gasteiger partial charge in [0.25, 0.3) is 0 Å². The molecule has 0 aliphatic carbocycles. The second-order valence-electron chi connectivity index (χ2n) is 8.12. The third-order valence-electron chi connectivity index (χ3n) is 4.99. The summed E-state index contributed by atoms with van der Waals surface area (Å²) in [5.74, 6) is -3.04. The van der Waals surface area contributed by atoms with Gasteiger partial charge in [-0.3, -0.25) is 0 Å². The number of carboxylic acids is 2. The molecule has 0 N–H and O–H groups in total. The number of carbonyl (C=O) groups is 2. The van der Waals surface area contributed by atoms with Crippen molar-refractivity contribution >= 4 is 27.8 Å². The van der Waals surface area contributed by atoms with E-state index in [4.69, 9.17) is 0 Å². The van der Waals surface area contributed by atoms with Gasteiger partial charge >= 0.3 is 0 Å². The molecule has 0 bridgehead atoms. The molecule has 0 atom stereocenters. The topological polar surface area (TPSA) is 80.3 Å². The van der Waals surface area contributed by atoms with Crippen LogP contribution in [0.5, 0.6) is 0 Å². The van der Waals surface area contributed by atoms with Gasteiger partial charge in [0.1, 0.15) is 0 Å². The maximum Gasteiger partial charge on any atom is 0.0721 e. The van der Waals surface area contributed by atoms with Crippen molar-refractivity contribution in [3.8, 4) is 0 Å². The van der Waals surface area contributed by atoms with Crippen LogP contribution in [-0.2, 0) is 0 Å². The summed E-state index contributed by atoms with van der Waals surface area (Å²) >= 11 is 0. The highest BCUT2D eigenvalue weighted by molar-refractivity contribution is 7.57. The average molecular weight is 487 g/mol. The Hall–Kier alpha value is -0.980. The minimum atomic E-state index is -1.52. The minimum Gasteiger partial charge on any atom is -0.545 e. The van der Waals surface area contributed by atoms with Gasteiger partial charge in [-0.1, -0.05) is 65.8 Å². The third kappa shape index (κ3) is 17.6. The predicted molar refractivity (Wildman–Crippen MR) is 143 cm³/mol. The Morgan fingerprint density at radius 1 is 0.562 bits per heavy atom. The number of benzene rings is 1. The number of hydrogen-bond acceptors (Lipinski definition) is 4. The van der Waals surface area contributed by atoms with Crippen molar-refractivity contribution < 1.29 is 19.8 Å².